The molecule has 0 aliphatic heterocycles. The zero-order valence-corrected chi connectivity index (χ0v) is 11.5. The summed E-state index contributed by atoms with van der Waals surface area (Å²) in [6.45, 7) is 6.35. The van der Waals surface area contributed by atoms with Gasteiger partial charge in [0.25, 0.3) is 0 Å². The average molecular weight is 268 g/mol. The third-order valence-electron chi connectivity index (χ3n) is 2.48. The zero-order valence-electron chi connectivity index (χ0n) is 10.7. The fourth-order valence-electron chi connectivity index (χ4n) is 1.73. The molecule has 0 fully saturated rings. The molecule has 2 rings (SSSR count). The second kappa shape index (κ2) is 5.43. The van der Waals surface area contributed by atoms with Crippen LogP contribution in [0.1, 0.15) is 38.1 Å². The molecule has 7 heteroatoms. The lowest BCUT2D eigenvalue weighted by atomic mass is 9.98. The van der Waals surface area contributed by atoms with Crippen LogP contribution in [0.15, 0.2) is 6.33 Å². The first-order valence-corrected chi connectivity index (χ1v) is 6.76. The summed E-state index contributed by atoms with van der Waals surface area (Å²) in [4.78, 5) is 12.7. The van der Waals surface area contributed by atoms with E-state index < -0.39 is 0 Å². The summed E-state index contributed by atoms with van der Waals surface area (Å²) < 4.78 is 6.70. The van der Waals surface area contributed by atoms with Gasteiger partial charge >= 0.3 is 5.97 Å². The van der Waals surface area contributed by atoms with Crippen molar-refractivity contribution in [3.8, 4) is 0 Å². The van der Waals surface area contributed by atoms with Gasteiger partial charge in [-0.3, -0.25) is 4.79 Å². The van der Waals surface area contributed by atoms with E-state index in [4.69, 9.17) is 4.74 Å². The number of hydrogen-bond donors (Lipinski definition) is 0. The summed E-state index contributed by atoms with van der Waals surface area (Å²) in [5, 5.41) is 12.8. The Morgan fingerprint density at radius 1 is 1.56 bits per heavy atom. The van der Waals surface area contributed by atoms with Crippen molar-refractivity contribution in [2.24, 2.45) is 5.92 Å². The minimum atomic E-state index is -0.309. The van der Waals surface area contributed by atoms with Gasteiger partial charge in [0.15, 0.2) is 0 Å². The van der Waals surface area contributed by atoms with Gasteiger partial charge in [-0.1, -0.05) is 25.2 Å². The van der Waals surface area contributed by atoms with Gasteiger partial charge in [0.05, 0.1) is 6.61 Å². The monoisotopic (exact) mass is 268 g/mol. The Bertz CT molecular complexity index is 505. The van der Waals surface area contributed by atoms with Crippen molar-refractivity contribution in [3.63, 3.8) is 0 Å². The van der Waals surface area contributed by atoms with E-state index in [0.717, 1.165) is 11.4 Å². The van der Waals surface area contributed by atoms with Crippen LogP contribution in [0, 0.1) is 5.92 Å². The van der Waals surface area contributed by atoms with E-state index in [1.165, 1.54) is 17.7 Å². The summed E-state index contributed by atoms with van der Waals surface area (Å²) >= 11 is 1.39. The largest absolute Gasteiger partial charge is 0.465 e. The standard InChI is InChI=1S/C11H16N4O2S/c1-4-17-10(16)8(5-7(2)3)9-14-15-6-12-13-11(15)18-9/h6-8H,4-5H2,1-3H3. The molecule has 0 spiro atoms. The summed E-state index contributed by atoms with van der Waals surface area (Å²) in [5.41, 5.74) is 0. The highest BCUT2D eigenvalue weighted by Gasteiger charge is 2.27. The van der Waals surface area contributed by atoms with Crippen LogP contribution in [0.4, 0.5) is 0 Å². The molecule has 98 valence electrons. The van der Waals surface area contributed by atoms with E-state index in [0.29, 0.717) is 17.5 Å². The number of esters is 1. The SMILES string of the molecule is CCOC(=O)C(CC(C)C)c1nn2cnnc2s1. The first kappa shape index (κ1) is 12.9. The van der Waals surface area contributed by atoms with Crippen LogP contribution in [0.2, 0.25) is 0 Å². The van der Waals surface area contributed by atoms with Gasteiger partial charge in [0.2, 0.25) is 4.96 Å². The lowest BCUT2D eigenvalue weighted by molar-refractivity contribution is -0.145. The maximum absolute atomic E-state index is 12.0. The molecule has 1 unspecified atom stereocenters. The number of hydrogen-bond acceptors (Lipinski definition) is 6. The molecule has 0 N–H and O–H groups in total. The van der Waals surface area contributed by atoms with Gasteiger partial charge in [-0.25, -0.2) is 0 Å². The van der Waals surface area contributed by atoms with Crippen molar-refractivity contribution in [1.29, 1.82) is 0 Å². The van der Waals surface area contributed by atoms with Crippen LogP contribution in [0.5, 0.6) is 0 Å². The van der Waals surface area contributed by atoms with Crippen LogP contribution in [-0.2, 0) is 9.53 Å². The summed E-state index contributed by atoms with van der Waals surface area (Å²) in [6, 6.07) is 0. The first-order chi connectivity index (χ1) is 8.61. The third kappa shape index (κ3) is 2.66. The topological polar surface area (TPSA) is 69.4 Å². The van der Waals surface area contributed by atoms with Crippen LogP contribution in [-0.4, -0.2) is 32.4 Å². The maximum Gasteiger partial charge on any atom is 0.315 e. The lowest BCUT2D eigenvalue weighted by Gasteiger charge is -2.14. The van der Waals surface area contributed by atoms with Gasteiger partial charge in [-0.2, -0.15) is 9.61 Å². The summed E-state index contributed by atoms with van der Waals surface area (Å²) in [5.74, 6) is -0.124. The predicted molar refractivity (Wildman–Crippen MR) is 67.5 cm³/mol. The Kier molecular flexibility index (Phi) is 3.90. The van der Waals surface area contributed by atoms with Crippen molar-refractivity contribution in [2.75, 3.05) is 6.61 Å². The first-order valence-electron chi connectivity index (χ1n) is 5.95. The predicted octanol–water partition coefficient (Wildman–Crippen LogP) is 1.88. The molecule has 6 nitrogen and oxygen atoms in total. The highest BCUT2D eigenvalue weighted by molar-refractivity contribution is 7.16. The Balaban J connectivity index is 2.27. The van der Waals surface area contributed by atoms with E-state index in [1.54, 1.807) is 4.52 Å². The Morgan fingerprint density at radius 3 is 2.94 bits per heavy atom. The van der Waals surface area contributed by atoms with Crippen molar-refractivity contribution < 1.29 is 9.53 Å². The van der Waals surface area contributed by atoms with Crippen LogP contribution in [0.3, 0.4) is 0 Å². The van der Waals surface area contributed by atoms with Crippen LogP contribution < -0.4 is 0 Å². The van der Waals surface area contributed by atoms with E-state index in [-0.39, 0.29) is 11.9 Å². The number of nitrogens with zero attached hydrogens (tertiary/aromatic N) is 4. The van der Waals surface area contributed by atoms with Gasteiger partial charge in [0, 0.05) is 0 Å². The smallest absolute Gasteiger partial charge is 0.315 e. The molecular formula is C11H16N4O2S. The molecule has 0 amide bonds. The number of carbonyl (C=O) groups excluding carboxylic acids is 1. The van der Waals surface area contributed by atoms with Gasteiger partial charge in [0.1, 0.15) is 17.3 Å². The fraction of sp³-hybridized carbons (Fsp3) is 0.636. The molecule has 0 bridgehead atoms. The average Bonchev–Trinajstić information content (AvgIpc) is 2.85. The molecule has 18 heavy (non-hydrogen) atoms. The molecule has 2 aromatic heterocycles. The number of fused-ring (bicyclic) bond motifs is 1. The highest BCUT2D eigenvalue weighted by Crippen LogP contribution is 2.28. The minimum absolute atomic E-state index is 0.212. The minimum Gasteiger partial charge on any atom is -0.465 e. The molecule has 2 aromatic rings. The van der Waals surface area contributed by atoms with E-state index in [9.17, 15) is 4.79 Å². The Hall–Kier alpha value is -1.50. The molecule has 0 saturated heterocycles. The fourth-order valence-corrected chi connectivity index (χ4v) is 2.65. The molecular weight excluding hydrogens is 252 g/mol. The lowest BCUT2D eigenvalue weighted by Crippen LogP contribution is -2.18. The maximum atomic E-state index is 12.0. The van der Waals surface area contributed by atoms with Gasteiger partial charge < -0.3 is 4.74 Å². The molecule has 1 atom stereocenters. The van der Waals surface area contributed by atoms with Crippen LogP contribution >= 0.6 is 11.3 Å². The van der Waals surface area contributed by atoms with Crippen molar-refractivity contribution in [3.05, 3.63) is 11.3 Å². The second-order valence-electron chi connectivity index (χ2n) is 4.43. The number of ether oxygens (including phenoxy) is 1. The Morgan fingerprint density at radius 2 is 2.33 bits per heavy atom. The quantitative estimate of drug-likeness (QED) is 0.774. The van der Waals surface area contributed by atoms with Crippen molar-refractivity contribution >= 4 is 22.3 Å². The van der Waals surface area contributed by atoms with Crippen molar-refractivity contribution in [2.45, 2.75) is 33.1 Å². The molecule has 2 heterocycles. The van der Waals surface area contributed by atoms with E-state index >= 15 is 0 Å². The molecule has 0 aromatic carbocycles. The number of aromatic nitrogens is 4. The van der Waals surface area contributed by atoms with E-state index in [2.05, 4.69) is 29.1 Å². The second-order valence-corrected chi connectivity index (χ2v) is 5.42. The Labute approximate surface area is 109 Å². The molecule has 0 radical (unpaired) electrons. The molecule has 0 saturated carbocycles. The number of carbonyl (C=O) groups is 1. The molecule has 0 aliphatic rings. The normalized spacial score (nSPS) is 13.1. The third-order valence-corrected chi connectivity index (χ3v) is 3.51. The van der Waals surface area contributed by atoms with Gasteiger partial charge in [-0.15, -0.1) is 10.2 Å². The molecule has 0 aliphatic carbocycles. The van der Waals surface area contributed by atoms with Gasteiger partial charge in [-0.05, 0) is 19.3 Å². The summed E-state index contributed by atoms with van der Waals surface area (Å²) in [6.07, 6.45) is 2.26. The number of rotatable bonds is 5. The summed E-state index contributed by atoms with van der Waals surface area (Å²) in [7, 11) is 0. The van der Waals surface area contributed by atoms with Crippen molar-refractivity contribution in [1.82, 2.24) is 19.8 Å². The van der Waals surface area contributed by atoms with Crippen LogP contribution in [0.25, 0.3) is 4.96 Å². The zero-order chi connectivity index (χ0) is 13.1. The van der Waals surface area contributed by atoms with E-state index in [1.807, 2.05) is 6.92 Å². The highest BCUT2D eigenvalue weighted by atomic mass is 32.1.